The second kappa shape index (κ2) is 7.49. The van der Waals surface area contributed by atoms with Crippen LogP contribution in [0.3, 0.4) is 0 Å². The van der Waals surface area contributed by atoms with Crippen LogP contribution in [-0.4, -0.2) is 54.9 Å². The molecule has 1 atom stereocenters. The van der Waals surface area contributed by atoms with E-state index in [1.54, 1.807) is 19.1 Å². The highest BCUT2D eigenvalue weighted by Crippen LogP contribution is 2.09. The molecule has 0 saturated carbocycles. The SMILES string of the molecule is Cc1cc(CNC(=O)CN2CCOCC2CO)ccc1F. The van der Waals surface area contributed by atoms with E-state index >= 15 is 0 Å². The molecular weight excluding hydrogens is 275 g/mol. The number of benzene rings is 1. The zero-order valence-corrected chi connectivity index (χ0v) is 12.1. The number of halogens is 1. The summed E-state index contributed by atoms with van der Waals surface area (Å²) in [6.07, 6.45) is 0. The number of morpholine rings is 1. The van der Waals surface area contributed by atoms with Crippen LogP contribution in [0.4, 0.5) is 4.39 Å². The highest BCUT2D eigenvalue weighted by molar-refractivity contribution is 5.78. The van der Waals surface area contributed by atoms with Crippen LogP contribution in [0.2, 0.25) is 0 Å². The zero-order valence-electron chi connectivity index (χ0n) is 12.1. The van der Waals surface area contributed by atoms with Crippen molar-refractivity contribution in [1.29, 1.82) is 0 Å². The average molecular weight is 296 g/mol. The van der Waals surface area contributed by atoms with E-state index in [9.17, 15) is 14.3 Å². The monoisotopic (exact) mass is 296 g/mol. The van der Waals surface area contributed by atoms with E-state index in [0.717, 1.165) is 5.56 Å². The van der Waals surface area contributed by atoms with Gasteiger partial charge < -0.3 is 15.2 Å². The van der Waals surface area contributed by atoms with Gasteiger partial charge in [-0.2, -0.15) is 0 Å². The second-order valence-electron chi connectivity index (χ2n) is 5.24. The fraction of sp³-hybridized carbons (Fsp3) is 0.533. The molecule has 2 N–H and O–H groups in total. The summed E-state index contributed by atoms with van der Waals surface area (Å²) in [4.78, 5) is 13.9. The molecule has 1 heterocycles. The summed E-state index contributed by atoms with van der Waals surface area (Å²) in [7, 11) is 0. The Kier molecular flexibility index (Phi) is 5.67. The molecule has 1 amide bonds. The van der Waals surface area contributed by atoms with Crippen LogP contribution in [0, 0.1) is 12.7 Å². The van der Waals surface area contributed by atoms with Gasteiger partial charge in [0.05, 0.1) is 32.4 Å². The molecule has 116 valence electrons. The first-order valence-corrected chi connectivity index (χ1v) is 7.04. The molecule has 0 aliphatic carbocycles. The molecule has 21 heavy (non-hydrogen) atoms. The first-order chi connectivity index (χ1) is 10.1. The molecule has 0 radical (unpaired) electrons. The van der Waals surface area contributed by atoms with Crippen molar-refractivity contribution >= 4 is 5.91 Å². The lowest BCUT2D eigenvalue weighted by atomic mass is 10.1. The number of nitrogens with zero attached hydrogens (tertiary/aromatic N) is 1. The summed E-state index contributed by atoms with van der Waals surface area (Å²) in [5.41, 5.74) is 1.43. The molecule has 0 spiro atoms. The predicted molar refractivity (Wildman–Crippen MR) is 76.2 cm³/mol. The summed E-state index contributed by atoms with van der Waals surface area (Å²) >= 11 is 0. The zero-order chi connectivity index (χ0) is 15.2. The smallest absolute Gasteiger partial charge is 0.234 e. The van der Waals surface area contributed by atoms with Gasteiger partial charge in [-0.1, -0.05) is 12.1 Å². The standard InChI is InChI=1S/C15H21FN2O3/c1-11-6-12(2-3-14(11)16)7-17-15(20)8-18-4-5-21-10-13(18)9-19/h2-3,6,13,19H,4-5,7-10H2,1H3,(H,17,20). The summed E-state index contributed by atoms with van der Waals surface area (Å²) < 4.78 is 18.4. The normalized spacial score (nSPS) is 19.5. The topological polar surface area (TPSA) is 61.8 Å². The minimum absolute atomic E-state index is 0.0234. The number of aliphatic hydroxyl groups is 1. The van der Waals surface area contributed by atoms with Gasteiger partial charge in [0.1, 0.15) is 5.82 Å². The van der Waals surface area contributed by atoms with Crippen molar-refractivity contribution in [3.63, 3.8) is 0 Å². The van der Waals surface area contributed by atoms with Gasteiger partial charge in [0, 0.05) is 13.1 Å². The van der Waals surface area contributed by atoms with Crippen molar-refractivity contribution in [3.8, 4) is 0 Å². The molecule has 1 unspecified atom stereocenters. The van der Waals surface area contributed by atoms with Crippen LogP contribution in [-0.2, 0) is 16.1 Å². The Labute approximate surface area is 123 Å². The highest BCUT2D eigenvalue weighted by Gasteiger charge is 2.23. The number of aliphatic hydroxyl groups excluding tert-OH is 1. The van der Waals surface area contributed by atoms with Crippen LogP contribution in [0.15, 0.2) is 18.2 Å². The van der Waals surface area contributed by atoms with Gasteiger partial charge in [-0.15, -0.1) is 0 Å². The van der Waals surface area contributed by atoms with E-state index in [-0.39, 0.29) is 30.9 Å². The van der Waals surface area contributed by atoms with Crippen LogP contribution in [0.1, 0.15) is 11.1 Å². The van der Waals surface area contributed by atoms with Crippen molar-refractivity contribution in [1.82, 2.24) is 10.2 Å². The fourth-order valence-corrected chi connectivity index (χ4v) is 2.32. The van der Waals surface area contributed by atoms with Crippen molar-refractivity contribution in [2.75, 3.05) is 32.9 Å². The number of carbonyl (C=O) groups is 1. The molecule has 1 fully saturated rings. The molecule has 1 aromatic rings. The Morgan fingerprint density at radius 2 is 2.38 bits per heavy atom. The minimum atomic E-state index is -0.246. The number of hydrogen-bond acceptors (Lipinski definition) is 4. The number of carbonyl (C=O) groups excluding carboxylic acids is 1. The largest absolute Gasteiger partial charge is 0.395 e. The van der Waals surface area contributed by atoms with Crippen molar-refractivity contribution in [3.05, 3.63) is 35.1 Å². The maximum absolute atomic E-state index is 13.2. The van der Waals surface area contributed by atoms with Crippen LogP contribution in [0.5, 0.6) is 0 Å². The van der Waals surface area contributed by atoms with E-state index in [0.29, 0.717) is 31.9 Å². The van der Waals surface area contributed by atoms with Gasteiger partial charge >= 0.3 is 0 Å². The van der Waals surface area contributed by atoms with Crippen LogP contribution >= 0.6 is 0 Å². The van der Waals surface area contributed by atoms with E-state index in [1.807, 2.05) is 4.90 Å². The second-order valence-corrected chi connectivity index (χ2v) is 5.24. The van der Waals surface area contributed by atoms with Gasteiger partial charge in [-0.05, 0) is 24.1 Å². The molecule has 0 aromatic heterocycles. The first-order valence-electron chi connectivity index (χ1n) is 7.04. The minimum Gasteiger partial charge on any atom is -0.395 e. The van der Waals surface area contributed by atoms with E-state index in [4.69, 9.17) is 4.74 Å². The van der Waals surface area contributed by atoms with Crippen molar-refractivity contribution in [2.45, 2.75) is 19.5 Å². The van der Waals surface area contributed by atoms with E-state index in [1.165, 1.54) is 6.07 Å². The lowest BCUT2D eigenvalue weighted by Crippen LogP contribution is -2.51. The lowest BCUT2D eigenvalue weighted by Gasteiger charge is -2.33. The van der Waals surface area contributed by atoms with Gasteiger partial charge in [-0.25, -0.2) is 4.39 Å². The number of hydrogen-bond donors (Lipinski definition) is 2. The molecule has 6 heteroatoms. The predicted octanol–water partition coefficient (Wildman–Crippen LogP) is 0.443. The maximum Gasteiger partial charge on any atom is 0.234 e. The third-order valence-corrected chi connectivity index (χ3v) is 3.62. The number of nitrogens with one attached hydrogen (secondary N) is 1. The molecule has 1 aromatic carbocycles. The van der Waals surface area contributed by atoms with Gasteiger partial charge in [0.15, 0.2) is 0 Å². The van der Waals surface area contributed by atoms with Crippen molar-refractivity contribution < 1.29 is 19.0 Å². The van der Waals surface area contributed by atoms with Gasteiger partial charge in [0.2, 0.25) is 5.91 Å². The maximum atomic E-state index is 13.2. The fourth-order valence-electron chi connectivity index (χ4n) is 2.32. The Balaban J connectivity index is 1.82. The Morgan fingerprint density at radius 1 is 1.57 bits per heavy atom. The average Bonchev–Trinajstić information content (AvgIpc) is 2.49. The van der Waals surface area contributed by atoms with Crippen LogP contribution < -0.4 is 5.32 Å². The number of ether oxygens (including phenoxy) is 1. The Hall–Kier alpha value is -1.50. The molecule has 1 aliphatic rings. The van der Waals surface area contributed by atoms with Gasteiger partial charge in [0.25, 0.3) is 0 Å². The molecule has 2 rings (SSSR count). The van der Waals surface area contributed by atoms with Crippen molar-refractivity contribution in [2.24, 2.45) is 0 Å². The number of aryl methyl sites for hydroxylation is 1. The summed E-state index contributed by atoms with van der Waals surface area (Å²) in [5, 5.41) is 12.1. The van der Waals surface area contributed by atoms with E-state index < -0.39 is 0 Å². The summed E-state index contributed by atoms with van der Waals surface area (Å²) in [6.45, 7) is 3.92. The molecule has 5 nitrogen and oxygen atoms in total. The third kappa shape index (κ3) is 4.49. The quantitative estimate of drug-likeness (QED) is 0.828. The first kappa shape index (κ1) is 15.9. The summed E-state index contributed by atoms with van der Waals surface area (Å²) in [5.74, 6) is -0.360. The molecule has 1 saturated heterocycles. The lowest BCUT2D eigenvalue weighted by molar-refractivity contribution is -0.125. The molecule has 1 aliphatic heterocycles. The molecule has 0 bridgehead atoms. The van der Waals surface area contributed by atoms with E-state index in [2.05, 4.69) is 5.32 Å². The third-order valence-electron chi connectivity index (χ3n) is 3.62. The van der Waals surface area contributed by atoms with Gasteiger partial charge in [-0.3, -0.25) is 9.69 Å². The van der Waals surface area contributed by atoms with Crippen LogP contribution in [0.25, 0.3) is 0 Å². The highest BCUT2D eigenvalue weighted by atomic mass is 19.1. The Bertz CT molecular complexity index is 496. The number of rotatable bonds is 5. The Morgan fingerprint density at radius 3 is 3.10 bits per heavy atom. The summed E-state index contributed by atoms with van der Waals surface area (Å²) in [6, 6.07) is 4.66. The molecular formula is C15H21FN2O3. The number of amides is 1.